The molecular formula is C12H23BNO4PS. The van der Waals surface area contributed by atoms with Crippen LogP contribution in [-0.2, 0) is 18.6 Å². The van der Waals surface area contributed by atoms with Crippen molar-refractivity contribution in [2.75, 3.05) is 25.4 Å². The molecule has 0 aromatic carbocycles. The zero-order valence-corrected chi connectivity index (χ0v) is 13.9. The van der Waals surface area contributed by atoms with Crippen LogP contribution in [0.2, 0.25) is 0 Å². The third kappa shape index (κ3) is 4.97. The molecule has 0 aromatic rings. The average Bonchev–Trinajstić information content (AvgIpc) is 3.03. The summed E-state index contributed by atoms with van der Waals surface area (Å²) in [6, 6.07) is 0.260. The van der Waals surface area contributed by atoms with E-state index in [9.17, 15) is 4.79 Å². The molecule has 2 aliphatic rings. The summed E-state index contributed by atoms with van der Waals surface area (Å²) in [6.07, 6.45) is 3.60. The second-order valence-electron chi connectivity index (χ2n) is 5.23. The Hall–Kier alpha value is 0.355. The summed E-state index contributed by atoms with van der Waals surface area (Å²) in [5.41, 5.74) is 0.858. The molecule has 0 N–H and O–H groups in total. The van der Waals surface area contributed by atoms with Crippen molar-refractivity contribution in [3.63, 3.8) is 0 Å². The van der Waals surface area contributed by atoms with Gasteiger partial charge >= 0.3 is 0 Å². The van der Waals surface area contributed by atoms with Crippen LogP contribution in [-0.4, -0.2) is 61.8 Å². The van der Waals surface area contributed by atoms with Gasteiger partial charge in [0.05, 0.1) is 18.8 Å². The van der Waals surface area contributed by atoms with Crippen molar-refractivity contribution in [1.82, 2.24) is 4.67 Å². The molecular weight excluding hydrogens is 296 g/mol. The van der Waals surface area contributed by atoms with Crippen LogP contribution in [0.4, 0.5) is 0 Å². The Morgan fingerprint density at radius 3 is 2.85 bits per heavy atom. The van der Waals surface area contributed by atoms with E-state index in [0.29, 0.717) is 12.4 Å². The highest BCUT2D eigenvalue weighted by Gasteiger charge is 2.35. The van der Waals surface area contributed by atoms with E-state index in [1.54, 1.807) is 0 Å². The van der Waals surface area contributed by atoms with Crippen molar-refractivity contribution in [2.45, 2.75) is 44.4 Å². The molecule has 0 aliphatic carbocycles. The first-order chi connectivity index (χ1) is 9.70. The number of nitrogens with zero attached hydrogens (tertiary/aromatic N) is 1. The predicted molar refractivity (Wildman–Crippen MR) is 85.3 cm³/mol. The van der Waals surface area contributed by atoms with Gasteiger partial charge in [0.15, 0.2) is 5.62 Å². The summed E-state index contributed by atoms with van der Waals surface area (Å²) >= 11 is 1.24. The first-order valence-corrected chi connectivity index (χ1v) is 9.44. The molecule has 2 saturated heterocycles. The number of hydrogen-bond donors (Lipinski definition) is 0. The van der Waals surface area contributed by atoms with Gasteiger partial charge in [-0.3, -0.25) is 4.79 Å². The Bertz CT molecular complexity index is 309. The second kappa shape index (κ2) is 8.71. The third-order valence-corrected chi connectivity index (χ3v) is 5.80. The highest BCUT2D eigenvalue weighted by atomic mass is 32.2. The fraction of sp³-hybridized carbons (Fsp3) is 0.917. The van der Waals surface area contributed by atoms with Crippen molar-refractivity contribution in [1.29, 1.82) is 0 Å². The lowest BCUT2D eigenvalue weighted by atomic mass is 9.96. The molecule has 114 valence electrons. The van der Waals surface area contributed by atoms with Crippen LogP contribution in [0, 0.1) is 0 Å². The van der Waals surface area contributed by atoms with E-state index in [-0.39, 0.29) is 18.2 Å². The third-order valence-electron chi connectivity index (χ3n) is 3.54. The molecule has 5 nitrogen and oxygen atoms in total. The van der Waals surface area contributed by atoms with Gasteiger partial charge < -0.3 is 13.8 Å². The Morgan fingerprint density at radius 1 is 1.50 bits per heavy atom. The van der Waals surface area contributed by atoms with E-state index in [4.69, 9.17) is 13.8 Å². The van der Waals surface area contributed by atoms with Gasteiger partial charge in [0.1, 0.15) is 7.85 Å². The monoisotopic (exact) mass is 319 g/mol. The molecule has 0 spiro atoms. The number of carbonyl (C=O) groups excluding carboxylic acids is 1. The lowest BCUT2D eigenvalue weighted by Crippen LogP contribution is -2.25. The number of hydrogen-bond acceptors (Lipinski definition) is 6. The van der Waals surface area contributed by atoms with Gasteiger partial charge in [-0.05, 0) is 26.2 Å². The molecule has 8 heteroatoms. The van der Waals surface area contributed by atoms with E-state index in [2.05, 4.69) is 19.4 Å². The summed E-state index contributed by atoms with van der Waals surface area (Å²) in [5.74, 6) is 0.687. The van der Waals surface area contributed by atoms with E-state index >= 15 is 0 Å². The van der Waals surface area contributed by atoms with Gasteiger partial charge in [0, 0.05) is 24.8 Å². The van der Waals surface area contributed by atoms with Gasteiger partial charge in [-0.25, -0.2) is 4.67 Å². The number of ether oxygens (including phenoxy) is 1. The van der Waals surface area contributed by atoms with Crippen LogP contribution >= 0.6 is 20.3 Å². The first-order valence-electron chi connectivity index (χ1n) is 7.26. The SMILES string of the molecule is B[C@H]1C[C@@H](OP(OCCSC=O)N2CCCC2)C(C)O1. The molecule has 2 unspecified atom stereocenters. The summed E-state index contributed by atoms with van der Waals surface area (Å²) in [5, 5.41) is 0. The predicted octanol–water partition coefficient (Wildman–Crippen LogP) is 1.40. The number of rotatable bonds is 8. The van der Waals surface area contributed by atoms with E-state index < -0.39 is 8.53 Å². The van der Waals surface area contributed by atoms with Gasteiger partial charge in [0.2, 0.25) is 0 Å². The molecule has 2 fully saturated rings. The van der Waals surface area contributed by atoms with Crippen LogP contribution in [0.5, 0.6) is 0 Å². The standard InChI is InChI=1S/C12H23BNO4PS/c1-10-11(8-12(13)17-10)18-19(14-4-2-3-5-14)16-6-7-20-9-15/h9-12H,2-8,13H2,1H3/t10?,11-,12-,19?/m1/s1. The van der Waals surface area contributed by atoms with Crippen LogP contribution in [0.3, 0.4) is 0 Å². The van der Waals surface area contributed by atoms with Crippen LogP contribution in [0.15, 0.2) is 0 Å². The van der Waals surface area contributed by atoms with Gasteiger partial charge in [0.25, 0.3) is 8.53 Å². The minimum Gasteiger partial charge on any atom is -0.381 e. The van der Waals surface area contributed by atoms with Gasteiger partial charge in [-0.1, -0.05) is 11.8 Å². The molecule has 0 aromatic heterocycles. The maximum atomic E-state index is 10.3. The zero-order chi connectivity index (χ0) is 14.4. The minimum absolute atomic E-state index is 0.121. The van der Waals surface area contributed by atoms with E-state index in [0.717, 1.165) is 25.1 Å². The lowest BCUT2D eigenvalue weighted by molar-refractivity contribution is 0.0495. The van der Waals surface area contributed by atoms with Crippen molar-refractivity contribution in [3.05, 3.63) is 0 Å². The summed E-state index contributed by atoms with van der Waals surface area (Å²) in [7, 11) is 1.07. The van der Waals surface area contributed by atoms with Crippen LogP contribution < -0.4 is 0 Å². The maximum absolute atomic E-state index is 10.3. The highest BCUT2D eigenvalue weighted by molar-refractivity contribution is 8.11. The van der Waals surface area contributed by atoms with Crippen molar-refractivity contribution in [2.24, 2.45) is 0 Å². The molecule has 0 amide bonds. The second-order valence-corrected chi connectivity index (χ2v) is 7.67. The summed E-state index contributed by atoms with van der Waals surface area (Å²) in [6.45, 7) is 4.71. The zero-order valence-electron chi connectivity index (χ0n) is 12.2. The normalized spacial score (nSPS) is 32.5. The van der Waals surface area contributed by atoms with E-state index in [1.807, 2.05) is 0 Å². The molecule has 4 atom stereocenters. The molecule has 2 aliphatic heterocycles. The Morgan fingerprint density at radius 2 is 2.25 bits per heavy atom. The summed E-state index contributed by atoms with van der Waals surface area (Å²) in [4.78, 5) is 10.3. The van der Waals surface area contributed by atoms with Crippen LogP contribution in [0.25, 0.3) is 0 Å². The topological polar surface area (TPSA) is 48.0 Å². The summed E-state index contributed by atoms with van der Waals surface area (Å²) < 4.78 is 20.2. The fourth-order valence-electron chi connectivity index (χ4n) is 2.53. The molecule has 2 rings (SSSR count). The molecule has 20 heavy (non-hydrogen) atoms. The Labute approximate surface area is 127 Å². The van der Waals surface area contributed by atoms with Crippen molar-refractivity contribution < 1.29 is 18.6 Å². The molecule has 0 saturated carbocycles. The number of thioether (sulfide) groups is 1. The molecule has 2 heterocycles. The fourth-order valence-corrected chi connectivity index (χ4v) is 4.63. The highest BCUT2D eigenvalue weighted by Crippen LogP contribution is 2.48. The quantitative estimate of drug-likeness (QED) is 0.292. The van der Waals surface area contributed by atoms with Crippen LogP contribution in [0.1, 0.15) is 26.2 Å². The van der Waals surface area contributed by atoms with Crippen molar-refractivity contribution >= 4 is 33.8 Å². The van der Waals surface area contributed by atoms with Crippen molar-refractivity contribution in [3.8, 4) is 0 Å². The smallest absolute Gasteiger partial charge is 0.259 e. The van der Waals surface area contributed by atoms with Gasteiger partial charge in [-0.2, -0.15) is 0 Å². The first kappa shape index (κ1) is 16.7. The largest absolute Gasteiger partial charge is 0.381 e. The number of carbonyl (C=O) groups is 1. The molecule has 0 radical (unpaired) electrons. The van der Waals surface area contributed by atoms with E-state index in [1.165, 1.54) is 24.6 Å². The maximum Gasteiger partial charge on any atom is 0.259 e. The Balaban J connectivity index is 1.83. The van der Waals surface area contributed by atoms with Gasteiger partial charge in [-0.15, -0.1) is 0 Å². The molecule has 0 bridgehead atoms. The minimum atomic E-state index is -1.01. The Kier molecular flexibility index (Phi) is 7.29. The average molecular weight is 319 g/mol. The lowest BCUT2D eigenvalue weighted by Gasteiger charge is -2.28.